The van der Waals surface area contributed by atoms with Gasteiger partial charge in [-0.05, 0) is 29.4 Å². The average Bonchev–Trinajstić information content (AvgIpc) is 3.43. The van der Waals surface area contributed by atoms with E-state index in [9.17, 15) is 14.7 Å². The van der Waals surface area contributed by atoms with Crippen LogP contribution in [0.3, 0.4) is 0 Å². The highest BCUT2D eigenvalue weighted by molar-refractivity contribution is 5.87. The third-order valence-corrected chi connectivity index (χ3v) is 7.25. The fourth-order valence-corrected chi connectivity index (χ4v) is 5.79. The largest absolute Gasteiger partial charge is 0.481 e. The van der Waals surface area contributed by atoms with E-state index in [1.165, 1.54) is 11.1 Å². The Morgan fingerprint density at radius 2 is 1.29 bits per heavy atom. The van der Waals surface area contributed by atoms with Crippen molar-refractivity contribution < 1.29 is 14.7 Å². The summed E-state index contributed by atoms with van der Waals surface area (Å²) in [7, 11) is 0. The van der Waals surface area contributed by atoms with Crippen LogP contribution in [0.4, 0.5) is 0 Å². The molecule has 0 radical (unpaired) electrons. The van der Waals surface area contributed by atoms with E-state index in [0.29, 0.717) is 13.1 Å². The lowest BCUT2D eigenvalue weighted by atomic mass is 9.82. The first-order valence-corrected chi connectivity index (χ1v) is 11.2. The van der Waals surface area contributed by atoms with Crippen LogP contribution in [-0.2, 0) is 9.59 Å². The fraction of sp³-hybridized carbons (Fsp3) is 0.385. The topological polar surface area (TPSA) is 60.9 Å². The summed E-state index contributed by atoms with van der Waals surface area (Å²) in [4.78, 5) is 29.5. The minimum atomic E-state index is -0.831. The normalized spacial score (nSPS) is 27.7. The average molecular weight is 417 g/mol. The predicted octanol–water partition coefficient (Wildman–Crippen LogP) is 3.44. The number of rotatable bonds is 5. The van der Waals surface area contributed by atoms with Gasteiger partial charge >= 0.3 is 5.97 Å². The zero-order valence-corrected chi connectivity index (χ0v) is 17.5. The van der Waals surface area contributed by atoms with Crippen LogP contribution in [0.1, 0.15) is 23.6 Å². The molecule has 0 unspecified atom stereocenters. The van der Waals surface area contributed by atoms with E-state index in [1.807, 2.05) is 23.1 Å². The van der Waals surface area contributed by atoms with E-state index in [2.05, 4.69) is 59.5 Å². The van der Waals surface area contributed by atoms with E-state index in [1.54, 1.807) is 0 Å². The first-order chi connectivity index (χ1) is 15.1. The Balaban J connectivity index is 1.32. The number of fused-ring (bicyclic) bond motifs is 2. The van der Waals surface area contributed by atoms with Crippen molar-refractivity contribution in [2.24, 2.45) is 23.7 Å². The summed E-state index contributed by atoms with van der Waals surface area (Å²) in [5, 5.41) is 9.71. The summed E-state index contributed by atoms with van der Waals surface area (Å²) in [5.41, 5.74) is 2.50. The lowest BCUT2D eigenvalue weighted by Crippen LogP contribution is -2.53. The standard InChI is InChI=1S/C26H28N2O3/c29-25(22-20-11-12-21(17-20)23(22)26(30)31)28-15-13-27(14-16-28)24(18-7-3-1-4-8-18)19-9-5-2-6-10-19/h1-12,20-24H,13-17H2,(H,30,31)/t20-,21-,22+,23+/m0/s1. The number of carbonyl (C=O) groups is 2. The number of carbonyl (C=O) groups excluding carboxylic acids is 1. The predicted molar refractivity (Wildman–Crippen MR) is 118 cm³/mol. The van der Waals surface area contributed by atoms with Gasteiger partial charge in [0.05, 0.1) is 17.9 Å². The monoisotopic (exact) mass is 416 g/mol. The summed E-state index contributed by atoms with van der Waals surface area (Å²) >= 11 is 0. The molecule has 1 aliphatic heterocycles. The van der Waals surface area contributed by atoms with Gasteiger partial charge in [0.2, 0.25) is 5.91 Å². The molecule has 5 heteroatoms. The maximum atomic E-state index is 13.3. The Bertz CT molecular complexity index is 927. The van der Waals surface area contributed by atoms with Crippen molar-refractivity contribution in [1.29, 1.82) is 0 Å². The van der Waals surface area contributed by atoms with E-state index in [-0.39, 0.29) is 23.8 Å². The first kappa shape index (κ1) is 20.0. The minimum Gasteiger partial charge on any atom is -0.481 e. The number of aliphatic carboxylic acids is 1. The molecule has 2 fully saturated rings. The summed E-state index contributed by atoms with van der Waals surface area (Å²) in [5.74, 6) is -1.68. The van der Waals surface area contributed by atoms with E-state index < -0.39 is 17.8 Å². The highest BCUT2D eigenvalue weighted by atomic mass is 16.4. The van der Waals surface area contributed by atoms with Crippen molar-refractivity contribution in [2.45, 2.75) is 12.5 Å². The smallest absolute Gasteiger partial charge is 0.307 e. The quantitative estimate of drug-likeness (QED) is 0.759. The molecule has 2 aromatic rings. The van der Waals surface area contributed by atoms with Crippen molar-refractivity contribution in [1.82, 2.24) is 9.80 Å². The highest BCUT2D eigenvalue weighted by Crippen LogP contribution is 2.49. The molecule has 4 atom stereocenters. The third-order valence-electron chi connectivity index (χ3n) is 7.25. The van der Waals surface area contributed by atoms with Crippen LogP contribution in [0.25, 0.3) is 0 Å². The minimum absolute atomic E-state index is 0.0123. The van der Waals surface area contributed by atoms with Gasteiger partial charge in [0.25, 0.3) is 0 Å². The van der Waals surface area contributed by atoms with E-state index in [0.717, 1.165) is 19.5 Å². The molecule has 1 saturated carbocycles. The number of benzene rings is 2. The van der Waals surface area contributed by atoms with Crippen molar-refractivity contribution >= 4 is 11.9 Å². The molecule has 3 aliphatic rings. The van der Waals surface area contributed by atoms with Gasteiger partial charge in [-0.25, -0.2) is 0 Å². The molecule has 31 heavy (non-hydrogen) atoms. The molecule has 160 valence electrons. The van der Waals surface area contributed by atoms with Crippen LogP contribution >= 0.6 is 0 Å². The number of hydrogen-bond donors (Lipinski definition) is 1. The summed E-state index contributed by atoms with van der Waals surface area (Å²) in [6, 6.07) is 21.1. The van der Waals surface area contributed by atoms with Crippen molar-refractivity contribution in [2.75, 3.05) is 26.2 Å². The summed E-state index contributed by atoms with van der Waals surface area (Å²) in [6.45, 7) is 2.82. The molecule has 2 aromatic carbocycles. The van der Waals surface area contributed by atoms with Crippen molar-refractivity contribution in [3.05, 3.63) is 83.9 Å². The summed E-state index contributed by atoms with van der Waals surface area (Å²) < 4.78 is 0. The molecule has 2 aliphatic carbocycles. The van der Waals surface area contributed by atoms with E-state index in [4.69, 9.17) is 0 Å². The molecular weight excluding hydrogens is 388 g/mol. The molecule has 1 saturated heterocycles. The molecule has 1 amide bonds. The fourth-order valence-electron chi connectivity index (χ4n) is 5.79. The Morgan fingerprint density at radius 3 is 1.81 bits per heavy atom. The third kappa shape index (κ3) is 3.68. The molecular formula is C26H28N2O3. The molecule has 0 spiro atoms. The van der Waals surface area contributed by atoms with Crippen LogP contribution in [0, 0.1) is 23.7 Å². The van der Waals surface area contributed by atoms with Gasteiger partial charge in [-0.3, -0.25) is 14.5 Å². The Labute approximate surface area is 183 Å². The van der Waals surface area contributed by atoms with E-state index >= 15 is 0 Å². The van der Waals surface area contributed by atoms with Gasteiger partial charge in [0.1, 0.15) is 0 Å². The number of amides is 1. The maximum absolute atomic E-state index is 13.3. The van der Waals surface area contributed by atoms with Crippen LogP contribution < -0.4 is 0 Å². The second-order valence-electron chi connectivity index (χ2n) is 8.92. The molecule has 5 rings (SSSR count). The lowest BCUT2D eigenvalue weighted by molar-refractivity contribution is -0.151. The molecule has 1 heterocycles. The number of nitrogens with zero attached hydrogens (tertiary/aromatic N) is 2. The Morgan fingerprint density at radius 1 is 0.774 bits per heavy atom. The number of allylic oxidation sites excluding steroid dienone is 2. The van der Waals surface area contributed by atoms with Gasteiger partial charge in [0.15, 0.2) is 0 Å². The maximum Gasteiger partial charge on any atom is 0.307 e. The number of hydrogen-bond acceptors (Lipinski definition) is 3. The van der Waals surface area contributed by atoms with Crippen LogP contribution in [0.15, 0.2) is 72.8 Å². The zero-order chi connectivity index (χ0) is 21.4. The van der Waals surface area contributed by atoms with Crippen molar-refractivity contribution in [3.8, 4) is 0 Å². The second-order valence-corrected chi connectivity index (χ2v) is 8.92. The highest BCUT2D eigenvalue weighted by Gasteiger charge is 2.52. The first-order valence-electron chi connectivity index (χ1n) is 11.2. The zero-order valence-electron chi connectivity index (χ0n) is 17.5. The molecule has 2 bridgehead atoms. The van der Waals surface area contributed by atoms with Gasteiger partial charge in [-0.1, -0.05) is 72.8 Å². The SMILES string of the molecule is O=C(O)[C@H]1[C@H](C(=O)N2CCN(C(c3ccccc3)c3ccccc3)CC2)[C@H]2C=C[C@H]1C2. The number of piperazine rings is 1. The van der Waals surface area contributed by atoms with Crippen LogP contribution in [0.2, 0.25) is 0 Å². The van der Waals surface area contributed by atoms with Crippen molar-refractivity contribution in [3.63, 3.8) is 0 Å². The summed E-state index contributed by atoms with van der Waals surface area (Å²) in [6.07, 6.45) is 4.86. The number of carboxylic acids is 1. The Kier molecular flexibility index (Phi) is 5.36. The number of carboxylic acid groups (broad SMARTS) is 1. The van der Waals surface area contributed by atoms with Gasteiger partial charge in [-0.2, -0.15) is 0 Å². The molecule has 0 aromatic heterocycles. The Hall–Kier alpha value is -2.92. The van der Waals surface area contributed by atoms with Gasteiger partial charge in [0, 0.05) is 26.2 Å². The lowest BCUT2D eigenvalue weighted by Gasteiger charge is -2.41. The van der Waals surface area contributed by atoms with Gasteiger partial charge < -0.3 is 10.0 Å². The second kappa shape index (κ2) is 8.31. The van der Waals surface area contributed by atoms with Gasteiger partial charge in [-0.15, -0.1) is 0 Å². The molecule has 1 N–H and O–H groups in total. The van der Waals surface area contributed by atoms with Crippen LogP contribution in [0.5, 0.6) is 0 Å². The molecule has 5 nitrogen and oxygen atoms in total. The van der Waals surface area contributed by atoms with Crippen LogP contribution in [-0.4, -0.2) is 53.0 Å².